The van der Waals surface area contributed by atoms with Crippen LogP contribution in [-0.4, -0.2) is 74.6 Å². The van der Waals surface area contributed by atoms with Crippen molar-refractivity contribution in [2.45, 2.75) is 25.3 Å². The van der Waals surface area contributed by atoms with Gasteiger partial charge in [-0.05, 0) is 25.9 Å². The van der Waals surface area contributed by atoms with Crippen molar-refractivity contribution < 1.29 is 4.79 Å². The number of carbonyl (C=O) groups is 1. The van der Waals surface area contributed by atoms with Gasteiger partial charge in [0.25, 0.3) is 0 Å². The van der Waals surface area contributed by atoms with E-state index in [1.54, 1.807) is 7.05 Å². The number of likely N-dealkylation sites (N-methyl/N-ethyl adjacent to an activating group) is 1. The summed E-state index contributed by atoms with van der Waals surface area (Å²) in [6.45, 7) is 7.33. The van der Waals surface area contributed by atoms with Crippen LogP contribution in [0.2, 0.25) is 0 Å². The van der Waals surface area contributed by atoms with Crippen LogP contribution in [0.5, 0.6) is 0 Å². The van der Waals surface area contributed by atoms with Gasteiger partial charge in [-0.1, -0.05) is 6.42 Å². The number of hydrogen-bond donors (Lipinski definition) is 2. The highest BCUT2D eigenvalue weighted by Crippen LogP contribution is 2.09. The van der Waals surface area contributed by atoms with Crippen LogP contribution in [0.25, 0.3) is 0 Å². The summed E-state index contributed by atoms with van der Waals surface area (Å²) in [5.41, 5.74) is 0. The van der Waals surface area contributed by atoms with E-state index >= 15 is 0 Å². The number of nitrogens with one attached hydrogen (secondary N) is 2. The zero-order chi connectivity index (χ0) is 12.8. The number of piperidine rings is 1. The Balaban J connectivity index is 1.79. The number of piperazine rings is 1. The predicted molar refractivity (Wildman–Crippen MR) is 72.6 cm³/mol. The third-order valence-corrected chi connectivity index (χ3v) is 4.06. The first-order chi connectivity index (χ1) is 8.81. The molecule has 2 aliphatic rings. The molecule has 0 aromatic rings. The van der Waals surface area contributed by atoms with Gasteiger partial charge < -0.3 is 15.5 Å². The molecule has 2 N–H and O–H groups in total. The smallest absolute Gasteiger partial charge is 0.238 e. The molecule has 0 spiro atoms. The fourth-order valence-electron chi connectivity index (χ4n) is 2.89. The molecule has 0 saturated carbocycles. The summed E-state index contributed by atoms with van der Waals surface area (Å²) < 4.78 is 0. The summed E-state index contributed by atoms with van der Waals surface area (Å²) in [4.78, 5) is 16.7. The Morgan fingerprint density at radius 3 is 2.72 bits per heavy atom. The quantitative estimate of drug-likeness (QED) is 0.709. The molecular weight excluding hydrogens is 228 g/mol. The first-order valence-electron chi connectivity index (χ1n) is 7.20. The molecule has 2 saturated heterocycles. The maximum Gasteiger partial charge on any atom is 0.238 e. The average molecular weight is 254 g/mol. The third-order valence-electron chi connectivity index (χ3n) is 4.06. The number of rotatable bonds is 4. The van der Waals surface area contributed by atoms with Crippen LogP contribution < -0.4 is 10.6 Å². The highest BCUT2D eigenvalue weighted by Gasteiger charge is 2.27. The molecular formula is C13H26N4O. The van der Waals surface area contributed by atoms with Crippen LogP contribution in [0.4, 0.5) is 0 Å². The molecule has 1 amide bonds. The van der Waals surface area contributed by atoms with Gasteiger partial charge in [0.05, 0.1) is 0 Å². The van der Waals surface area contributed by atoms with Crippen molar-refractivity contribution in [3.63, 3.8) is 0 Å². The van der Waals surface area contributed by atoms with E-state index in [1.165, 1.54) is 32.4 Å². The molecule has 0 aliphatic carbocycles. The average Bonchev–Trinajstić information content (AvgIpc) is 2.45. The fraction of sp³-hybridized carbons (Fsp3) is 0.923. The van der Waals surface area contributed by atoms with Gasteiger partial charge in [0.1, 0.15) is 6.04 Å². The van der Waals surface area contributed by atoms with Gasteiger partial charge in [0.2, 0.25) is 5.91 Å². The Morgan fingerprint density at radius 2 is 2.00 bits per heavy atom. The maximum absolute atomic E-state index is 11.8. The Morgan fingerprint density at radius 1 is 1.22 bits per heavy atom. The summed E-state index contributed by atoms with van der Waals surface area (Å²) >= 11 is 0. The second-order valence-corrected chi connectivity index (χ2v) is 5.27. The number of amides is 1. The van der Waals surface area contributed by atoms with Crippen LogP contribution in [0.3, 0.4) is 0 Å². The molecule has 5 heteroatoms. The minimum atomic E-state index is 0.00791. The van der Waals surface area contributed by atoms with Gasteiger partial charge in [0.15, 0.2) is 0 Å². The minimum Gasteiger partial charge on any atom is -0.358 e. The normalized spacial score (nSPS) is 27.1. The lowest BCUT2D eigenvalue weighted by atomic mass is 10.1. The number of likely N-dealkylation sites (tertiary alicyclic amines) is 1. The van der Waals surface area contributed by atoms with Gasteiger partial charge in [0, 0.05) is 39.8 Å². The summed E-state index contributed by atoms with van der Waals surface area (Å²) in [5, 5.41) is 6.07. The minimum absolute atomic E-state index is 0.00791. The molecule has 0 aromatic carbocycles. The van der Waals surface area contributed by atoms with Gasteiger partial charge in [-0.15, -0.1) is 0 Å². The summed E-state index contributed by atoms with van der Waals surface area (Å²) in [6, 6.07) is 0.00791. The zero-order valence-electron chi connectivity index (χ0n) is 11.5. The molecule has 1 unspecified atom stereocenters. The van der Waals surface area contributed by atoms with Crippen LogP contribution in [0.1, 0.15) is 19.3 Å². The fourth-order valence-corrected chi connectivity index (χ4v) is 2.89. The first-order valence-corrected chi connectivity index (χ1v) is 7.20. The predicted octanol–water partition coefficient (Wildman–Crippen LogP) is -0.508. The molecule has 1 atom stereocenters. The molecule has 2 heterocycles. The number of hydrogen-bond acceptors (Lipinski definition) is 4. The molecule has 2 aliphatic heterocycles. The second-order valence-electron chi connectivity index (χ2n) is 5.27. The second kappa shape index (κ2) is 7.07. The van der Waals surface area contributed by atoms with E-state index in [4.69, 9.17) is 0 Å². The molecule has 0 aromatic heterocycles. The van der Waals surface area contributed by atoms with E-state index in [0.717, 1.165) is 32.7 Å². The van der Waals surface area contributed by atoms with Crippen molar-refractivity contribution in [3.8, 4) is 0 Å². The number of carbonyl (C=O) groups excluding carboxylic acids is 1. The molecule has 0 bridgehead atoms. The molecule has 2 rings (SSSR count). The van der Waals surface area contributed by atoms with Crippen molar-refractivity contribution >= 4 is 5.91 Å². The maximum atomic E-state index is 11.8. The summed E-state index contributed by atoms with van der Waals surface area (Å²) in [5.74, 6) is 0.140. The van der Waals surface area contributed by atoms with Crippen LogP contribution in [-0.2, 0) is 4.79 Å². The molecule has 5 nitrogen and oxygen atoms in total. The monoisotopic (exact) mass is 254 g/mol. The van der Waals surface area contributed by atoms with Crippen molar-refractivity contribution in [3.05, 3.63) is 0 Å². The molecule has 104 valence electrons. The van der Waals surface area contributed by atoms with Crippen molar-refractivity contribution in [1.29, 1.82) is 0 Å². The van der Waals surface area contributed by atoms with E-state index in [0.29, 0.717) is 0 Å². The highest BCUT2D eigenvalue weighted by atomic mass is 16.2. The Bertz CT molecular complexity index is 266. The third kappa shape index (κ3) is 3.67. The molecule has 0 radical (unpaired) electrons. The largest absolute Gasteiger partial charge is 0.358 e. The Hall–Kier alpha value is -0.650. The summed E-state index contributed by atoms with van der Waals surface area (Å²) in [7, 11) is 1.72. The van der Waals surface area contributed by atoms with Crippen LogP contribution in [0, 0.1) is 0 Å². The van der Waals surface area contributed by atoms with Crippen molar-refractivity contribution in [1.82, 2.24) is 20.4 Å². The van der Waals surface area contributed by atoms with Gasteiger partial charge in [-0.25, -0.2) is 0 Å². The lowest BCUT2D eigenvalue weighted by molar-refractivity contribution is -0.126. The molecule has 2 fully saturated rings. The molecule has 18 heavy (non-hydrogen) atoms. The van der Waals surface area contributed by atoms with E-state index in [9.17, 15) is 4.79 Å². The van der Waals surface area contributed by atoms with E-state index in [-0.39, 0.29) is 11.9 Å². The van der Waals surface area contributed by atoms with E-state index < -0.39 is 0 Å². The van der Waals surface area contributed by atoms with Crippen LogP contribution in [0.15, 0.2) is 0 Å². The van der Waals surface area contributed by atoms with E-state index in [2.05, 4.69) is 20.4 Å². The van der Waals surface area contributed by atoms with Crippen molar-refractivity contribution in [2.24, 2.45) is 0 Å². The number of nitrogens with zero attached hydrogens (tertiary/aromatic N) is 2. The Labute approximate surface area is 110 Å². The van der Waals surface area contributed by atoms with Gasteiger partial charge >= 0.3 is 0 Å². The van der Waals surface area contributed by atoms with E-state index in [1.807, 2.05) is 0 Å². The standard InChI is InChI=1S/C13H26N4O/c1-14-13(18)12-11-15-5-8-17(12)10-9-16-6-3-2-4-7-16/h12,15H,2-11H2,1H3,(H,14,18). The van der Waals surface area contributed by atoms with Gasteiger partial charge in [-0.3, -0.25) is 9.69 Å². The lowest BCUT2D eigenvalue weighted by Crippen LogP contribution is -2.58. The lowest BCUT2D eigenvalue weighted by Gasteiger charge is -2.36. The zero-order valence-corrected chi connectivity index (χ0v) is 11.5. The topological polar surface area (TPSA) is 47.6 Å². The van der Waals surface area contributed by atoms with Gasteiger partial charge in [-0.2, -0.15) is 0 Å². The SMILES string of the molecule is CNC(=O)C1CNCCN1CCN1CCCCC1. The van der Waals surface area contributed by atoms with Crippen LogP contribution >= 0.6 is 0 Å². The summed E-state index contributed by atoms with van der Waals surface area (Å²) in [6.07, 6.45) is 4.05. The first kappa shape index (κ1) is 13.8. The van der Waals surface area contributed by atoms with Crippen molar-refractivity contribution in [2.75, 3.05) is 52.9 Å². The highest BCUT2D eigenvalue weighted by molar-refractivity contribution is 5.81. The Kier molecular flexibility index (Phi) is 5.41.